The number of ether oxygens (including phenoxy) is 2. The van der Waals surface area contributed by atoms with Crippen molar-refractivity contribution in [3.63, 3.8) is 0 Å². The van der Waals surface area contributed by atoms with Gasteiger partial charge in [0.1, 0.15) is 12.1 Å². The van der Waals surface area contributed by atoms with Gasteiger partial charge in [0.05, 0.1) is 14.2 Å². The Morgan fingerprint density at radius 3 is 1.18 bits per heavy atom. The van der Waals surface area contributed by atoms with Crippen LogP contribution >= 0.6 is 21.6 Å². The average molecular weight is 577 g/mol. The van der Waals surface area contributed by atoms with E-state index in [0.29, 0.717) is 24.3 Å². The van der Waals surface area contributed by atoms with Gasteiger partial charge in [-0.15, -0.1) is 0 Å². The lowest BCUT2D eigenvalue weighted by atomic mass is 10.1. The van der Waals surface area contributed by atoms with Crippen molar-refractivity contribution in [2.75, 3.05) is 25.7 Å². The van der Waals surface area contributed by atoms with Crippen molar-refractivity contribution in [1.29, 1.82) is 0 Å². The molecule has 0 aliphatic carbocycles. The van der Waals surface area contributed by atoms with Crippen LogP contribution in [-0.2, 0) is 28.7 Å². The van der Waals surface area contributed by atoms with E-state index in [1.165, 1.54) is 87.2 Å². The van der Waals surface area contributed by atoms with Gasteiger partial charge in [-0.1, -0.05) is 112 Å². The predicted octanol–water partition coefficient (Wildman–Crippen LogP) is 5.96. The zero-order chi connectivity index (χ0) is 28.4. The van der Waals surface area contributed by atoms with Crippen molar-refractivity contribution >= 4 is 45.3 Å². The van der Waals surface area contributed by atoms with Crippen molar-refractivity contribution in [2.45, 2.75) is 129 Å². The van der Waals surface area contributed by atoms with E-state index in [9.17, 15) is 19.2 Å². The SMILES string of the molecule is CCCCCCCCCC(=O)N[C@@H](CSSC[C@H](NC(=O)CCCCCCCCC)C(=O)OC)C(=O)OC. The second kappa shape index (κ2) is 25.8. The molecule has 2 amide bonds. The third kappa shape index (κ3) is 20.5. The van der Waals surface area contributed by atoms with Gasteiger partial charge in [0.25, 0.3) is 0 Å². The van der Waals surface area contributed by atoms with Crippen molar-refractivity contribution in [3.05, 3.63) is 0 Å². The normalized spacial score (nSPS) is 12.4. The standard InChI is InChI=1S/C28H52N2O6S2/c1-5-7-9-11-13-15-17-19-25(31)29-23(27(33)35-3)21-37-38-22-24(28(34)36-4)30-26(32)20-18-16-14-12-10-8-6-2/h23-24H,5-22H2,1-4H3,(H,29,31)(H,30,32)/t23-,24-/m0/s1. The molecule has 8 nitrogen and oxygen atoms in total. The van der Waals surface area contributed by atoms with Gasteiger partial charge in [0.2, 0.25) is 11.8 Å². The first kappa shape index (κ1) is 36.6. The Morgan fingerprint density at radius 2 is 0.868 bits per heavy atom. The van der Waals surface area contributed by atoms with Crippen molar-refractivity contribution in [1.82, 2.24) is 10.6 Å². The van der Waals surface area contributed by atoms with Crippen LogP contribution in [0.15, 0.2) is 0 Å². The number of rotatable bonds is 25. The highest BCUT2D eigenvalue weighted by molar-refractivity contribution is 8.76. The Kier molecular flexibility index (Phi) is 24.9. The number of hydrogen-bond donors (Lipinski definition) is 2. The average Bonchev–Trinajstić information content (AvgIpc) is 2.91. The Labute approximate surface area is 238 Å². The van der Waals surface area contributed by atoms with Gasteiger partial charge in [-0.2, -0.15) is 0 Å². The number of hydrogen-bond acceptors (Lipinski definition) is 8. The summed E-state index contributed by atoms with van der Waals surface area (Å²) in [6, 6.07) is -1.53. The lowest BCUT2D eigenvalue weighted by molar-refractivity contribution is -0.144. The Bertz CT molecular complexity index is 597. The Morgan fingerprint density at radius 1 is 0.553 bits per heavy atom. The van der Waals surface area contributed by atoms with E-state index in [0.717, 1.165) is 38.5 Å². The molecule has 0 spiro atoms. The van der Waals surface area contributed by atoms with E-state index >= 15 is 0 Å². The number of esters is 2. The molecule has 10 heteroatoms. The van der Waals surface area contributed by atoms with E-state index in [-0.39, 0.29) is 11.8 Å². The molecular formula is C28H52N2O6S2. The first-order valence-corrected chi connectivity index (χ1v) is 16.9. The smallest absolute Gasteiger partial charge is 0.329 e. The molecular weight excluding hydrogens is 524 g/mol. The number of nitrogens with one attached hydrogen (secondary N) is 2. The molecule has 2 atom stereocenters. The van der Waals surface area contributed by atoms with Crippen molar-refractivity contribution in [3.8, 4) is 0 Å². The fourth-order valence-electron chi connectivity index (χ4n) is 3.87. The lowest BCUT2D eigenvalue weighted by Gasteiger charge is -2.18. The fourth-order valence-corrected chi connectivity index (χ4v) is 6.17. The van der Waals surface area contributed by atoms with Gasteiger partial charge >= 0.3 is 11.9 Å². The molecule has 0 heterocycles. The van der Waals surface area contributed by atoms with Crippen LogP contribution in [-0.4, -0.2) is 61.6 Å². The van der Waals surface area contributed by atoms with Crippen molar-refractivity contribution in [2.24, 2.45) is 0 Å². The minimum absolute atomic E-state index is 0.162. The number of carbonyl (C=O) groups excluding carboxylic acids is 4. The summed E-state index contributed by atoms with van der Waals surface area (Å²) in [7, 11) is 5.28. The molecule has 0 bridgehead atoms. The molecule has 0 saturated heterocycles. The van der Waals surface area contributed by atoms with E-state index in [4.69, 9.17) is 9.47 Å². The molecule has 2 N–H and O–H groups in total. The second-order valence-electron chi connectivity index (χ2n) is 9.60. The van der Waals surface area contributed by atoms with Crippen LogP contribution < -0.4 is 10.6 Å². The zero-order valence-corrected chi connectivity index (χ0v) is 25.8. The molecule has 0 aromatic carbocycles. The summed E-state index contributed by atoms with van der Waals surface area (Å²) in [5.74, 6) is -0.744. The maximum Gasteiger partial charge on any atom is 0.329 e. The molecule has 0 aromatic rings. The van der Waals surface area contributed by atoms with Crippen LogP contribution in [0.5, 0.6) is 0 Å². The van der Waals surface area contributed by atoms with Crippen LogP contribution in [0.4, 0.5) is 0 Å². The maximum atomic E-state index is 12.3. The number of methoxy groups -OCH3 is 2. The van der Waals surface area contributed by atoms with Gasteiger partial charge < -0.3 is 20.1 Å². The second-order valence-corrected chi connectivity index (χ2v) is 12.2. The predicted molar refractivity (Wildman–Crippen MR) is 158 cm³/mol. The minimum Gasteiger partial charge on any atom is -0.467 e. The van der Waals surface area contributed by atoms with E-state index in [2.05, 4.69) is 24.5 Å². The molecule has 0 unspecified atom stereocenters. The Balaban J connectivity index is 4.38. The van der Waals surface area contributed by atoms with Crippen LogP contribution in [0.25, 0.3) is 0 Å². The molecule has 38 heavy (non-hydrogen) atoms. The van der Waals surface area contributed by atoms with Crippen LogP contribution in [0.1, 0.15) is 117 Å². The first-order valence-electron chi connectivity index (χ1n) is 14.4. The summed E-state index contributed by atoms with van der Waals surface area (Å²) in [5, 5.41) is 5.54. The molecule has 0 fully saturated rings. The topological polar surface area (TPSA) is 111 Å². The molecule has 0 radical (unpaired) electrons. The van der Waals surface area contributed by atoms with Gasteiger partial charge in [0.15, 0.2) is 0 Å². The molecule has 0 aliphatic rings. The van der Waals surface area contributed by atoms with Gasteiger partial charge in [-0.05, 0) is 12.8 Å². The monoisotopic (exact) mass is 576 g/mol. The summed E-state index contributed by atoms with van der Waals surface area (Å²) in [6.45, 7) is 4.37. The highest BCUT2D eigenvalue weighted by atomic mass is 33.1. The van der Waals surface area contributed by atoms with Crippen LogP contribution in [0.2, 0.25) is 0 Å². The van der Waals surface area contributed by atoms with Crippen LogP contribution in [0.3, 0.4) is 0 Å². The lowest BCUT2D eigenvalue weighted by Crippen LogP contribution is -2.44. The maximum absolute atomic E-state index is 12.3. The fraction of sp³-hybridized carbons (Fsp3) is 0.857. The van der Waals surface area contributed by atoms with E-state index in [1.807, 2.05) is 0 Å². The van der Waals surface area contributed by atoms with Gasteiger partial charge in [-0.25, -0.2) is 9.59 Å². The summed E-state index contributed by atoms with van der Waals surface area (Å²) < 4.78 is 9.69. The van der Waals surface area contributed by atoms with Crippen molar-refractivity contribution < 1.29 is 28.7 Å². The van der Waals surface area contributed by atoms with Gasteiger partial charge in [-0.3, -0.25) is 9.59 Å². The molecule has 0 saturated carbocycles. The summed E-state index contributed by atoms with van der Waals surface area (Å²) in [5.41, 5.74) is 0. The third-order valence-electron chi connectivity index (χ3n) is 6.21. The minimum atomic E-state index is -0.766. The van der Waals surface area contributed by atoms with E-state index < -0.39 is 24.0 Å². The van der Waals surface area contributed by atoms with E-state index in [1.54, 1.807) is 0 Å². The zero-order valence-electron chi connectivity index (χ0n) is 24.1. The highest BCUT2D eigenvalue weighted by Crippen LogP contribution is 2.24. The Hall–Kier alpha value is -1.42. The number of carbonyl (C=O) groups is 4. The molecule has 222 valence electrons. The molecule has 0 aromatic heterocycles. The number of unbranched alkanes of at least 4 members (excludes halogenated alkanes) is 12. The first-order chi connectivity index (χ1) is 18.4. The third-order valence-corrected chi connectivity index (χ3v) is 8.63. The summed E-state index contributed by atoms with van der Waals surface area (Å²) >= 11 is 0. The summed E-state index contributed by atoms with van der Waals surface area (Å²) in [4.78, 5) is 49.0. The quantitative estimate of drug-likeness (QED) is 0.0778. The summed E-state index contributed by atoms with van der Waals surface area (Å²) in [6.07, 6.45) is 16.4. The molecule has 0 aliphatic heterocycles. The largest absolute Gasteiger partial charge is 0.467 e. The molecule has 0 rings (SSSR count). The highest BCUT2D eigenvalue weighted by Gasteiger charge is 2.24. The van der Waals surface area contributed by atoms with Crippen LogP contribution in [0, 0.1) is 0 Å². The number of amides is 2. The van der Waals surface area contributed by atoms with Gasteiger partial charge in [0, 0.05) is 24.3 Å².